The third-order valence-electron chi connectivity index (χ3n) is 4.91. The number of aromatic hydroxyl groups is 1. The van der Waals surface area contributed by atoms with Crippen molar-refractivity contribution >= 4 is 35.1 Å². The van der Waals surface area contributed by atoms with Crippen LogP contribution in [0.25, 0.3) is 5.69 Å². The fourth-order valence-electron chi connectivity index (χ4n) is 3.40. The van der Waals surface area contributed by atoms with Crippen LogP contribution in [0.2, 0.25) is 5.02 Å². The molecule has 8 heteroatoms. The van der Waals surface area contributed by atoms with Gasteiger partial charge in [0.15, 0.2) is 11.5 Å². The minimum Gasteiger partial charge on any atom is -0.504 e. The summed E-state index contributed by atoms with van der Waals surface area (Å²) < 4.78 is 7.00. The Morgan fingerprint density at radius 3 is 2.79 bits per heavy atom. The third kappa shape index (κ3) is 3.56. The second-order valence-electron chi connectivity index (χ2n) is 6.86. The molecule has 0 spiro atoms. The average molecular weight is 430 g/mol. The number of rotatable bonds is 3. The summed E-state index contributed by atoms with van der Waals surface area (Å²) in [7, 11) is 1.51. The van der Waals surface area contributed by atoms with Gasteiger partial charge in [0.25, 0.3) is 0 Å². The lowest BCUT2D eigenvalue weighted by Crippen LogP contribution is -2.15. The van der Waals surface area contributed by atoms with Crippen LogP contribution in [0.1, 0.15) is 27.6 Å². The molecular weight excluding hydrogens is 410 g/mol. The van der Waals surface area contributed by atoms with Crippen LogP contribution in [-0.4, -0.2) is 33.7 Å². The molecule has 2 aromatic carbocycles. The number of benzene rings is 2. The Morgan fingerprint density at radius 1 is 1.28 bits per heavy atom. The Bertz CT molecular complexity index is 1110. The zero-order valence-corrected chi connectivity index (χ0v) is 17.8. The number of ether oxygens (including phenoxy) is 1. The van der Waals surface area contributed by atoms with Crippen LogP contribution in [0.4, 0.5) is 5.82 Å². The van der Waals surface area contributed by atoms with E-state index < -0.39 is 0 Å². The number of phenols is 1. The first-order chi connectivity index (χ1) is 13.9. The molecule has 29 heavy (non-hydrogen) atoms. The van der Waals surface area contributed by atoms with Crippen molar-refractivity contribution in [3.63, 3.8) is 0 Å². The highest BCUT2D eigenvalue weighted by molar-refractivity contribution is 8.00. The highest BCUT2D eigenvalue weighted by Crippen LogP contribution is 2.45. The minimum absolute atomic E-state index is 0.0750. The molecule has 0 unspecified atom stereocenters. The highest BCUT2D eigenvalue weighted by Gasteiger charge is 2.31. The van der Waals surface area contributed by atoms with E-state index in [4.69, 9.17) is 21.4 Å². The summed E-state index contributed by atoms with van der Waals surface area (Å²) in [5, 5.41) is 18.1. The quantitative estimate of drug-likeness (QED) is 0.634. The molecule has 0 fully saturated rings. The van der Waals surface area contributed by atoms with E-state index in [0.717, 1.165) is 28.1 Å². The molecule has 1 atom stereocenters. The molecule has 0 saturated carbocycles. The van der Waals surface area contributed by atoms with E-state index in [1.165, 1.54) is 18.9 Å². The summed E-state index contributed by atoms with van der Waals surface area (Å²) >= 11 is 7.83. The first kappa shape index (κ1) is 19.7. The molecule has 6 nitrogen and oxygen atoms in total. The number of anilines is 1. The Morgan fingerprint density at radius 2 is 2.07 bits per heavy atom. The van der Waals surface area contributed by atoms with E-state index in [1.807, 2.05) is 38.1 Å². The van der Waals surface area contributed by atoms with Gasteiger partial charge < -0.3 is 15.2 Å². The second-order valence-corrected chi connectivity index (χ2v) is 8.36. The van der Waals surface area contributed by atoms with Crippen LogP contribution in [-0.2, 0) is 4.79 Å². The Hall–Kier alpha value is -2.64. The second kappa shape index (κ2) is 7.65. The predicted molar refractivity (Wildman–Crippen MR) is 116 cm³/mol. The molecule has 2 heterocycles. The lowest BCUT2D eigenvalue weighted by Gasteiger charge is -2.17. The van der Waals surface area contributed by atoms with Crippen molar-refractivity contribution in [2.45, 2.75) is 19.1 Å². The van der Waals surface area contributed by atoms with Gasteiger partial charge >= 0.3 is 0 Å². The maximum Gasteiger partial charge on any atom is 0.235 e. The molecule has 2 N–H and O–H groups in total. The SMILES string of the molecule is COc1cc([C@H]2SCC(=O)Nc3c2c(C)nn3-c2ccc(C)c(Cl)c2)ccc1O. The maximum atomic E-state index is 12.4. The van der Waals surface area contributed by atoms with Crippen LogP contribution < -0.4 is 10.1 Å². The Kier molecular flexibility index (Phi) is 5.19. The smallest absolute Gasteiger partial charge is 0.235 e. The largest absolute Gasteiger partial charge is 0.504 e. The van der Waals surface area contributed by atoms with Gasteiger partial charge in [-0.2, -0.15) is 5.10 Å². The van der Waals surface area contributed by atoms with E-state index in [-0.39, 0.29) is 16.9 Å². The van der Waals surface area contributed by atoms with Crippen LogP contribution in [0.3, 0.4) is 0 Å². The number of carbonyl (C=O) groups excluding carboxylic acids is 1. The van der Waals surface area contributed by atoms with Crippen molar-refractivity contribution < 1.29 is 14.6 Å². The number of aromatic nitrogens is 2. The highest BCUT2D eigenvalue weighted by atomic mass is 35.5. The van der Waals surface area contributed by atoms with Gasteiger partial charge in [0.2, 0.25) is 5.91 Å². The van der Waals surface area contributed by atoms with Crippen molar-refractivity contribution in [3.8, 4) is 17.2 Å². The van der Waals surface area contributed by atoms with Crippen molar-refractivity contribution in [2.24, 2.45) is 0 Å². The number of thioether (sulfide) groups is 1. The number of methoxy groups -OCH3 is 1. The topological polar surface area (TPSA) is 76.4 Å². The molecule has 3 aromatic rings. The lowest BCUT2D eigenvalue weighted by atomic mass is 10.0. The summed E-state index contributed by atoms with van der Waals surface area (Å²) in [5.41, 5.74) is 4.40. The van der Waals surface area contributed by atoms with Gasteiger partial charge in [0, 0.05) is 10.6 Å². The summed E-state index contributed by atoms with van der Waals surface area (Å²) in [6.07, 6.45) is 0. The lowest BCUT2D eigenvalue weighted by molar-refractivity contribution is -0.113. The van der Waals surface area contributed by atoms with Crippen LogP contribution in [0, 0.1) is 13.8 Å². The standard InChI is InChI=1S/C21H20ClN3O3S/c1-11-4-6-14(9-15(11)22)25-21-19(12(2)24-25)20(29-10-18(27)23-21)13-5-7-16(26)17(8-13)28-3/h4-9,20,26H,10H2,1-3H3,(H,23,27)/t20-/m1/s1. The number of aryl methyl sites for hydroxylation is 2. The van der Waals surface area contributed by atoms with Crippen molar-refractivity contribution in [3.05, 3.63) is 63.8 Å². The van der Waals surface area contributed by atoms with Crippen molar-refractivity contribution in [1.29, 1.82) is 0 Å². The van der Waals surface area contributed by atoms with Gasteiger partial charge in [-0.15, -0.1) is 11.8 Å². The number of carbonyl (C=O) groups is 1. The zero-order valence-electron chi connectivity index (χ0n) is 16.2. The number of nitrogens with zero attached hydrogens (tertiary/aromatic N) is 2. The van der Waals surface area contributed by atoms with Gasteiger partial charge in [-0.25, -0.2) is 4.68 Å². The molecule has 0 bridgehead atoms. The number of hydrogen-bond donors (Lipinski definition) is 2. The first-order valence-electron chi connectivity index (χ1n) is 9.03. The van der Waals surface area contributed by atoms with E-state index in [9.17, 15) is 9.90 Å². The van der Waals surface area contributed by atoms with E-state index in [2.05, 4.69) is 5.32 Å². The molecule has 1 amide bonds. The number of amides is 1. The number of fused-ring (bicyclic) bond motifs is 1. The van der Waals surface area contributed by atoms with E-state index >= 15 is 0 Å². The van der Waals surface area contributed by atoms with Gasteiger partial charge in [-0.05, 0) is 49.2 Å². The number of phenolic OH excluding ortho intramolecular Hbond substituents is 1. The molecule has 4 rings (SSSR count). The summed E-state index contributed by atoms with van der Waals surface area (Å²) in [6.45, 7) is 3.86. The molecular formula is C21H20ClN3O3S. The third-order valence-corrected chi connectivity index (χ3v) is 6.59. The zero-order chi connectivity index (χ0) is 20.7. The fraction of sp³-hybridized carbons (Fsp3) is 0.238. The first-order valence-corrected chi connectivity index (χ1v) is 10.5. The normalized spacial score (nSPS) is 16.1. The molecule has 1 aliphatic rings. The molecule has 0 radical (unpaired) electrons. The molecule has 1 aliphatic heterocycles. The molecule has 0 aliphatic carbocycles. The summed E-state index contributed by atoms with van der Waals surface area (Å²) in [6, 6.07) is 10.9. The monoisotopic (exact) mass is 429 g/mol. The van der Waals surface area contributed by atoms with Crippen molar-refractivity contribution in [2.75, 3.05) is 18.2 Å². The predicted octanol–water partition coefficient (Wildman–Crippen LogP) is 4.63. The number of hydrogen-bond acceptors (Lipinski definition) is 5. The minimum atomic E-state index is -0.145. The molecule has 1 aromatic heterocycles. The Labute approximate surface area is 177 Å². The average Bonchev–Trinajstić information content (AvgIpc) is 2.90. The summed E-state index contributed by atoms with van der Waals surface area (Å²) in [5.74, 6) is 1.31. The van der Waals surface area contributed by atoms with Crippen molar-refractivity contribution in [1.82, 2.24) is 9.78 Å². The van der Waals surface area contributed by atoms with E-state index in [1.54, 1.807) is 16.8 Å². The van der Waals surface area contributed by atoms with Gasteiger partial charge in [0.05, 0.1) is 29.5 Å². The van der Waals surface area contributed by atoms with Gasteiger partial charge in [0.1, 0.15) is 5.82 Å². The van der Waals surface area contributed by atoms with Crippen LogP contribution >= 0.6 is 23.4 Å². The van der Waals surface area contributed by atoms with Gasteiger partial charge in [-0.1, -0.05) is 23.7 Å². The van der Waals surface area contributed by atoms with Gasteiger partial charge in [-0.3, -0.25) is 4.79 Å². The number of nitrogens with one attached hydrogen (secondary N) is 1. The van der Waals surface area contributed by atoms with Crippen LogP contribution in [0.15, 0.2) is 36.4 Å². The van der Waals surface area contributed by atoms with Crippen LogP contribution in [0.5, 0.6) is 11.5 Å². The maximum absolute atomic E-state index is 12.4. The van der Waals surface area contributed by atoms with E-state index in [0.29, 0.717) is 22.3 Å². The Balaban J connectivity index is 1.88. The fourth-order valence-corrected chi connectivity index (χ4v) is 4.76. The number of halogens is 1. The molecule has 0 saturated heterocycles. The molecule has 150 valence electrons. The summed E-state index contributed by atoms with van der Waals surface area (Å²) in [4.78, 5) is 12.4.